The highest BCUT2D eigenvalue weighted by atomic mass is 35.5. The SMILES string of the molecule is CCN(CC)[C@@H]1CCN(Cc2cc3ccc(Cl)cc3[nH]c2=O)C1. The Kier molecular flexibility index (Phi) is 5.05. The van der Waals surface area contributed by atoms with Gasteiger partial charge in [0.25, 0.3) is 5.56 Å². The van der Waals surface area contributed by atoms with E-state index in [2.05, 4.69) is 28.6 Å². The van der Waals surface area contributed by atoms with Gasteiger partial charge in [-0.3, -0.25) is 14.6 Å². The molecule has 0 bridgehead atoms. The standard InChI is InChI=1S/C18H24ClN3O/c1-3-22(4-2)16-7-8-21(12-16)11-14-9-13-5-6-15(19)10-17(13)20-18(14)23/h5-6,9-10,16H,3-4,7-8,11-12H2,1-2H3,(H,20,23)/t16-/m1/s1. The molecule has 3 rings (SSSR count). The lowest BCUT2D eigenvalue weighted by atomic mass is 10.1. The number of nitrogens with zero attached hydrogens (tertiary/aromatic N) is 2. The molecule has 1 aromatic carbocycles. The fraction of sp³-hybridized carbons (Fsp3) is 0.500. The molecule has 1 saturated heterocycles. The molecule has 1 atom stereocenters. The van der Waals surface area contributed by atoms with Gasteiger partial charge in [-0.05, 0) is 43.1 Å². The topological polar surface area (TPSA) is 39.3 Å². The van der Waals surface area contributed by atoms with Crippen LogP contribution in [0.5, 0.6) is 0 Å². The van der Waals surface area contributed by atoms with Gasteiger partial charge in [0.05, 0.1) is 0 Å². The highest BCUT2D eigenvalue weighted by molar-refractivity contribution is 6.31. The van der Waals surface area contributed by atoms with Gasteiger partial charge in [0.1, 0.15) is 0 Å². The van der Waals surface area contributed by atoms with Crippen LogP contribution in [0.4, 0.5) is 0 Å². The number of pyridine rings is 1. The molecule has 2 aromatic rings. The quantitative estimate of drug-likeness (QED) is 0.914. The van der Waals surface area contributed by atoms with Crippen molar-refractivity contribution in [3.63, 3.8) is 0 Å². The lowest BCUT2D eigenvalue weighted by molar-refractivity contribution is 0.209. The zero-order valence-corrected chi connectivity index (χ0v) is 14.6. The van der Waals surface area contributed by atoms with E-state index in [4.69, 9.17) is 11.6 Å². The number of halogens is 1. The summed E-state index contributed by atoms with van der Waals surface area (Å²) in [6, 6.07) is 8.23. The molecule has 1 aliphatic rings. The first-order chi connectivity index (χ1) is 11.1. The van der Waals surface area contributed by atoms with Gasteiger partial charge in [-0.1, -0.05) is 31.5 Å². The third-order valence-corrected chi connectivity index (χ3v) is 5.09. The van der Waals surface area contributed by atoms with Crippen LogP contribution in [0.15, 0.2) is 29.1 Å². The Morgan fingerprint density at radius 3 is 2.83 bits per heavy atom. The number of benzene rings is 1. The Labute approximate surface area is 142 Å². The molecule has 0 unspecified atom stereocenters. The lowest BCUT2D eigenvalue weighted by Crippen LogP contribution is -2.37. The number of hydrogen-bond donors (Lipinski definition) is 1. The Bertz CT molecular complexity index is 739. The molecule has 0 spiro atoms. The molecular weight excluding hydrogens is 310 g/mol. The number of hydrogen-bond acceptors (Lipinski definition) is 3. The van der Waals surface area contributed by atoms with Crippen LogP contribution >= 0.6 is 11.6 Å². The van der Waals surface area contributed by atoms with E-state index in [-0.39, 0.29) is 5.56 Å². The normalized spacial score (nSPS) is 19.0. The molecule has 23 heavy (non-hydrogen) atoms. The molecule has 2 heterocycles. The Balaban J connectivity index is 1.76. The molecule has 4 nitrogen and oxygen atoms in total. The number of rotatable bonds is 5. The fourth-order valence-electron chi connectivity index (χ4n) is 3.57. The molecule has 0 saturated carbocycles. The van der Waals surface area contributed by atoms with Gasteiger partial charge >= 0.3 is 0 Å². The van der Waals surface area contributed by atoms with E-state index >= 15 is 0 Å². The van der Waals surface area contributed by atoms with Crippen molar-refractivity contribution in [1.29, 1.82) is 0 Å². The molecule has 1 N–H and O–H groups in total. The van der Waals surface area contributed by atoms with Crippen LogP contribution in [0.1, 0.15) is 25.8 Å². The minimum Gasteiger partial charge on any atom is -0.322 e. The van der Waals surface area contributed by atoms with Gasteiger partial charge in [0.15, 0.2) is 0 Å². The third kappa shape index (κ3) is 3.60. The molecule has 1 fully saturated rings. The monoisotopic (exact) mass is 333 g/mol. The van der Waals surface area contributed by atoms with Gasteiger partial charge in [0, 0.05) is 41.8 Å². The average molecular weight is 334 g/mol. The zero-order chi connectivity index (χ0) is 16.4. The van der Waals surface area contributed by atoms with Crippen molar-refractivity contribution in [2.75, 3.05) is 26.2 Å². The summed E-state index contributed by atoms with van der Waals surface area (Å²) in [5.74, 6) is 0. The van der Waals surface area contributed by atoms with E-state index in [0.29, 0.717) is 17.6 Å². The number of aromatic amines is 1. The number of likely N-dealkylation sites (tertiary alicyclic amines) is 1. The third-order valence-electron chi connectivity index (χ3n) is 4.86. The van der Waals surface area contributed by atoms with Crippen molar-refractivity contribution in [2.24, 2.45) is 0 Å². The van der Waals surface area contributed by atoms with Gasteiger partial charge in [-0.15, -0.1) is 0 Å². The summed E-state index contributed by atoms with van der Waals surface area (Å²) in [6.45, 7) is 9.42. The molecule has 124 valence electrons. The van der Waals surface area contributed by atoms with Crippen LogP contribution in [-0.2, 0) is 6.54 Å². The maximum Gasteiger partial charge on any atom is 0.252 e. The maximum atomic E-state index is 12.3. The van der Waals surface area contributed by atoms with E-state index < -0.39 is 0 Å². The van der Waals surface area contributed by atoms with E-state index in [0.717, 1.165) is 42.6 Å². The minimum absolute atomic E-state index is 0.00828. The van der Waals surface area contributed by atoms with Crippen LogP contribution in [0.25, 0.3) is 10.9 Å². The summed E-state index contributed by atoms with van der Waals surface area (Å²) < 4.78 is 0. The second-order valence-corrected chi connectivity index (χ2v) is 6.69. The summed E-state index contributed by atoms with van der Waals surface area (Å²) in [5.41, 5.74) is 1.62. The number of likely N-dealkylation sites (N-methyl/N-ethyl adjacent to an activating group) is 1. The van der Waals surface area contributed by atoms with Gasteiger partial charge < -0.3 is 4.98 Å². The molecule has 1 aromatic heterocycles. The number of H-pyrrole nitrogens is 1. The van der Waals surface area contributed by atoms with E-state index in [1.807, 2.05) is 18.2 Å². The Morgan fingerprint density at radius 2 is 2.09 bits per heavy atom. The highest BCUT2D eigenvalue weighted by Gasteiger charge is 2.26. The van der Waals surface area contributed by atoms with E-state index in [1.54, 1.807) is 6.07 Å². The molecular formula is C18H24ClN3O. The van der Waals surface area contributed by atoms with Gasteiger partial charge in [0.2, 0.25) is 0 Å². The Morgan fingerprint density at radius 1 is 1.30 bits per heavy atom. The van der Waals surface area contributed by atoms with Crippen LogP contribution in [0, 0.1) is 0 Å². The fourth-order valence-corrected chi connectivity index (χ4v) is 3.74. The van der Waals surface area contributed by atoms with Crippen molar-refractivity contribution >= 4 is 22.5 Å². The van der Waals surface area contributed by atoms with Crippen LogP contribution in [-0.4, -0.2) is 47.0 Å². The van der Waals surface area contributed by atoms with Crippen LogP contribution in [0.2, 0.25) is 5.02 Å². The maximum absolute atomic E-state index is 12.3. The number of aromatic nitrogens is 1. The van der Waals surface area contributed by atoms with Gasteiger partial charge in [-0.25, -0.2) is 0 Å². The predicted molar refractivity (Wildman–Crippen MR) is 96.2 cm³/mol. The van der Waals surface area contributed by atoms with Crippen molar-refractivity contribution in [2.45, 2.75) is 32.9 Å². The summed E-state index contributed by atoms with van der Waals surface area (Å²) in [6.07, 6.45) is 1.18. The van der Waals surface area contributed by atoms with E-state index in [1.165, 1.54) is 6.42 Å². The summed E-state index contributed by atoms with van der Waals surface area (Å²) in [5, 5.41) is 1.67. The second kappa shape index (κ2) is 7.04. The average Bonchev–Trinajstić information content (AvgIpc) is 2.98. The van der Waals surface area contributed by atoms with Crippen LogP contribution in [0.3, 0.4) is 0 Å². The first-order valence-corrected chi connectivity index (χ1v) is 8.76. The first kappa shape index (κ1) is 16.5. The number of fused-ring (bicyclic) bond motifs is 1. The zero-order valence-electron chi connectivity index (χ0n) is 13.8. The van der Waals surface area contributed by atoms with Crippen molar-refractivity contribution in [3.8, 4) is 0 Å². The largest absolute Gasteiger partial charge is 0.322 e. The smallest absolute Gasteiger partial charge is 0.252 e. The molecule has 0 amide bonds. The highest BCUT2D eigenvalue weighted by Crippen LogP contribution is 2.20. The predicted octanol–water partition coefficient (Wildman–Crippen LogP) is 3.10. The van der Waals surface area contributed by atoms with E-state index in [9.17, 15) is 4.79 Å². The summed E-state index contributed by atoms with van der Waals surface area (Å²) >= 11 is 5.99. The second-order valence-electron chi connectivity index (χ2n) is 6.25. The molecule has 0 aliphatic carbocycles. The van der Waals surface area contributed by atoms with Crippen LogP contribution < -0.4 is 5.56 Å². The molecule has 5 heteroatoms. The summed E-state index contributed by atoms with van der Waals surface area (Å²) in [4.78, 5) is 20.2. The lowest BCUT2D eigenvalue weighted by Gasteiger charge is -2.26. The molecule has 0 radical (unpaired) electrons. The Hall–Kier alpha value is -1.36. The van der Waals surface area contributed by atoms with Gasteiger partial charge in [-0.2, -0.15) is 0 Å². The van der Waals surface area contributed by atoms with Crippen molar-refractivity contribution in [1.82, 2.24) is 14.8 Å². The summed E-state index contributed by atoms with van der Waals surface area (Å²) in [7, 11) is 0. The molecule has 1 aliphatic heterocycles. The van der Waals surface area contributed by atoms with Crippen molar-refractivity contribution < 1.29 is 0 Å². The minimum atomic E-state index is -0.00828. The number of nitrogens with one attached hydrogen (secondary N) is 1. The first-order valence-electron chi connectivity index (χ1n) is 8.38. The van der Waals surface area contributed by atoms with Crippen molar-refractivity contribution in [3.05, 3.63) is 45.2 Å².